The summed E-state index contributed by atoms with van der Waals surface area (Å²) < 4.78 is 16.4. The standard InChI is InChI=1S/C21H34N4O3/c1-22-21(24(2)13-16-6-10-28-15-16)23-7-9-25-8-5-17-11-19(26-3)20(27-4)12-18(17)14-25/h11-12,16H,5-10,13-15H2,1-4H3,(H,22,23). The molecule has 7 heteroatoms. The molecule has 0 saturated carbocycles. The molecule has 1 saturated heterocycles. The number of methoxy groups -OCH3 is 2. The monoisotopic (exact) mass is 390 g/mol. The Morgan fingerprint density at radius 2 is 2.04 bits per heavy atom. The summed E-state index contributed by atoms with van der Waals surface area (Å²) in [5.74, 6) is 3.18. The Kier molecular flexibility index (Phi) is 7.39. The molecular weight excluding hydrogens is 356 g/mol. The van der Waals surface area contributed by atoms with Crippen LogP contribution in [0.5, 0.6) is 11.5 Å². The van der Waals surface area contributed by atoms with Crippen molar-refractivity contribution in [2.24, 2.45) is 10.9 Å². The van der Waals surface area contributed by atoms with Crippen molar-refractivity contribution in [2.75, 3.05) is 67.7 Å². The van der Waals surface area contributed by atoms with Crippen LogP contribution in [0, 0.1) is 5.92 Å². The second kappa shape index (κ2) is 9.98. The van der Waals surface area contributed by atoms with Crippen molar-refractivity contribution in [3.63, 3.8) is 0 Å². The van der Waals surface area contributed by atoms with Gasteiger partial charge in [-0.15, -0.1) is 0 Å². The van der Waals surface area contributed by atoms with E-state index < -0.39 is 0 Å². The van der Waals surface area contributed by atoms with Gasteiger partial charge in [-0.3, -0.25) is 9.89 Å². The molecule has 1 fully saturated rings. The number of benzene rings is 1. The van der Waals surface area contributed by atoms with E-state index in [0.29, 0.717) is 5.92 Å². The summed E-state index contributed by atoms with van der Waals surface area (Å²) in [6.45, 7) is 6.58. The Hall–Kier alpha value is -1.99. The lowest BCUT2D eigenvalue weighted by Gasteiger charge is -2.30. The molecule has 0 aliphatic carbocycles. The zero-order valence-electron chi connectivity index (χ0n) is 17.7. The largest absolute Gasteiger partial charge is 0.493 e. The second-order valence-corrected chi connectivity index (χ2v) is 7.59. The van der Waals surface area contributed by atoms with E-state index in [1.165, 1.54) is 11.1 Å². The van der Waals surface area contributed by atoms with Gasteiger partial charge in [-0.1, -0.05) is 0 Å². The summed E-state index contributed by atoms with van der Waals surface area (Å²) in [6, 6.07) is 4.23. The summed E-state index contributed by atoms with van der Waals surface area (Å²) in [5.41, 5.74) is 2.68. The van der Waals surface area contributed by atoms with E-state index in [9.17, 15) is 0 Å². The molecule has 2 aliphatic rings. The number of guanidine groups is 1. The van der Waals surface area contributed by atoms with Gasteiger partial charge < -0.3 is 24.4 Å². The third kappa shape index (κ3) is 5.08. The Morgan fingerprint density at radius 1 is 1.29 bits per heavy atom. The van der Waals surface area contributed by atoms with Crippen LogP contribution in [0.1, 0.15) is 17.5 Å². The average molecular weight is 391 g/mol. The molecule has 0 radical (unpaired) electrons. The molecule has 1 N–H and O–H groups in total. The molecule has 156 valence electrons. The zero-order valence-corrected chi connectivity index (χ0v) is 17.7. The normalized spacial score (nSPS) is 20.0. The maximum absolute atomic E-state index is 5.48. The first kappa shape index (κ1) is 20.7. The molecule has 0 bridgehead atoms. The minimum absolute atomic E-state index is 0.606. The van der Waals surface area contributed by atoms with E-state index in [0.717, 1.165) is 76.2 Å². The summed E-state index contributed by atoms with van der Waals surface area (Å²) in [5, 5.41) is 3.50. The number of rotatable bonds is 7. The summed E-state index contributed by atoms with van der Waals surface area (Å²) in [4.78, 5) is 9.11. The predicted molar refractivity (Wildman–Crippen MR) is 111 cm³/mol. The predicted octanol–water partition coefficient (Wildman–Crippen LogP) is 1.61. The third-order valence-corrected chi connectivity index (χ3v) is 5.64. The van der Waals surface area contributed by atoms with Gasteiger partial charge in [0.15, 0.2) is 17.5 Å². The molecule has 28 heavy (non-hydrogen) atoms. The number of nitrogens with one attached hydrogen (secondary N) is 1. The lowest BCUT2D eigenvalue weighted by atomic mass is 9.99. The molecule has 1 atom stereocenters. The first-order valence-electron chi connectivity index (χ1n) is 10.1. The highest BCUT2D eigenvalue weighted by atomic mass is 16.5. The average Bonchev–Trinajstić information content (AvgIpc) is 3.22. The van der Waals surface area contributed by atoms with Crippen LogP contribution in [0.25, 0.3) is 0 Å². The van der Waals surface area contributed by atoms with Crippen molar-refractivity contribution in [2.45, 2.75) is 19.4 Å². The smallest absolute Gasteiger partial charge is 0.193 e. The fourth-order valence-corrected chi connectivity index (χ4v) is 4.04. The van der Waals surface area contributed by atoms with Crippen LogP contribution in [-0.2, 0) is 17.7 Å². The molecular formula is C21H34N4O3. The SMILES string of the molecule is CN=C(NCCN1CCc2cc(OC)c(OC)cc2C1)N(C)CC1CCOC1. The highest BCUT2D eigenvalue weighted by Crippen LogP contribution is 2.33. The molecule has 0 spiro atoms. The Balaban J connectivity index is 1.48. The van der Waals surface area contributed by atoms with Gasteiger partial charge >= 0.3 is 0 Å². The van der Waals surface area contributed by atoms with Crippen LogP contribution in [-0.4, -0.2) is 83.5 Å². The maximum atomic E-state index is 5.48. The third-order valence-electron chi connectivity index (χ3n) is 5.64. The topological polar surface area (TPSA) is 58.6 Å². The molecule has 0 aromatic heterocycles. The van der Waals surface area contributed by atoms with Crippen LogP contribution < -0.4 is 14.8 Å². The Labute approximate surface area is 168 Å². The molecule has 2 heterocycles. The Morgan fingerprint density at radius 3 is 2.68 bits per heavy atom. The highest BCUT2D eigenvalue weighted by Gasteiger charge is 2.21. The van der Waals surface area contributed by atoms with Crippen molar-refractivity contribution < 1.29 is 14.2 Å². The van der Waals surface area contributed by atoms with E-state index in [2.05, 4.69) is 39.3 Å². The molecule has 1 aromatic rings. The minimum Gasteiger partial charge on any atom is -0.493 e. The van der Waals surface area contributed by atoms with Crippen molar-refractivity contribution >= 4 is 5.96 Å². The van der Waals surface area contributed by atoms with E-state index in [4.69, 9.17) is 14.2 Å². The van der Waals surface area contributed by atoms with Gasteiger partial charge in [-0.2, -0.15) is 0 Å². The Bertz CT molecular complexity index is 674. The molecule has 7 nitrogen and oxygen atoms in total. The number of nitrogens with zero attached hydrogens (tertiary/aromatic N) is 3. The number of aliphatic imine (C=N–C) groups is 1. The van der Waals surface area contributed by atoms with Crippen LogP contribution in [0.4, 0.5) is 0 Å². The zero-order chi connectivity index (χ0) is 19.9. The molecule has 1 aromatic carbocycles. The lowest BCUT2D eigenvalue weighted by Crippen LogP contribution is -2.44. The van der Waals surface area contributed by atoms with Crippen LogP contribution in [0.15, 0.2) is 17.1 Å². The van der Waals surface area contributed by atoms with Crippen molar-refractivity contribution in [3.8, 4) is 11.5 Å². The van der Waals surface area contributed by atoms with Crippen LogP contribution in [0.3, 0.4) is 0 Å². The molecule has 0 amide bonds. The van der Waals surface area contributed by atoms with Gasteiger partial charge in [0.2, 0.25) is 0 Å². The van der Waals surface area contributed by atoms with E-state index in [1.807, 2.05) is 7.05 Å². The number of ether oxygens (including phenoxy) is 3. The van der Waals surface area contributed by atoms with Gasteiger partial charge in [-0.05, 0) is 36.1 Å². The van der Waals surface area contributed by atoms with E-state index in [1.54, 1.807) is 14.2 Å². The quantitative estimate of drug-likeness (QED) is 0.564. The van der Waals surface area contributed by atoms with E-state index in [-0.39, 0.29) is 0 Å². The van der Waals surface area contributed by atoms with Crippen LogP contribution in [0.2, 0.25) is 0 Å². The number of fused-ring (bicyclic) bond motifs is 1. The maximum Gasteiger partial charge on any atom is 0.193 e. The number of hydrogen-bond acceptors (Lipinski definition) is 5. The lowest BCUT2D eigenvalue weighted by molar-refractivity contribution is 0.181. The van der Waals surface area contributed by atoms with Crippen molar-refractivity contribution in [1.29, 1.82) is 0 Å². The summed E-state index contributed by atoms with van der Waals surface area (Å²) in [7, 11) is 7.33. The fourth-order valence-electron chi connectivity index (χ4n) is 4.04. The summed E-state index contributed by atoms with van der Waals surface area (Å²) >= 11 is 0. The molecule has 3 rings (SSSR count). The van der Waals surface area contributed by atoms with E-state index >= 15 is 0 Å². The first-order valence-corrected chi connectivity index (χ1v) is 10.1. The van der Waals surface area contributed by atoms with Crippen molar-refractivity contribution in [1.82, 2.24) is 15.1 Å². The number of hydrogen-bond donors (Lipinski definition) is 1. The van der Waals surface area contributed by atoms with Gasteiger partial charge in [0.05, 0.1) is 20.8 Å². The van der Waals surface area contributed by atoms with Gasteiger partial charge in [0, 0.05) is 59.3 Å². The summed E-state index contributed by atoms with van der Waals surface area (Å²) in [6.07, 6.45) is 2.18. The van der Waals surface area contributed by atoms with Gasteiger partial charge in [0.1, 0.15) is 0 Å². The minimum atomic E-state index is 0.606. The van der Waals surface area contributed by atoms with Crippen LogP contribution >= 0.6 is 0 Å². The first-order chi connectivity index (χ1) is 13.6. The van der Waals surface area contributed by atoms with Gasteiger partial charge in [0.25, 0.3) is 0 Å². The van der Waals surface area contributed by atoms with Crippen molar-refractivity contribution in [3.05, 3.63) is 23.3 Å². The molecule has 1 unspecified atom stereocenters. The van der Waals surface area contributed by atoms with Gasteiger partial charge in [-0.25, -0.2) is 0 Å². The second-order valence-electron chi connectivity index (χ2n) is 7.59. The molecule has 2 aliphatic heterocycles. The highest BCUT2D eigenvalue weighted by molar-refractivity contribution is 5.79. The fraction of sp³-hybridized carbons (Fsp3) is 0.667.